The summed E-state index contributed by atoms with van der Waals surface area (Å²) < 4.78 is 5.57. The van der Waals surface area contributed by atoms with Crippen LogP contribution in [0.4, 0.5) is 11.4 Å². The molecule has 0 unspecified atom stereocenters. The molecule has 2 aromatic carbocycles. The highest BCUT2D eigenvalue weighted by atomic mass is 16.5. The van der Waals surface area contributed by atoms with Crippen LogP contribution in [0.3, 0.4) is 0 Å². The monoisotopic (exact) mass is 256 g/mol. The van der Waals surface area contributed by atoms with Crippen molar-refractivity contribution in [3.05, 3.63) is 54.6 Å². The normalized spacial score (nSPS) is 9.95. The van der Waals surface area contributed by atoms with Gasteiger partial charge in [-0.05, 0) is 31.2 Å². The minimum absolute atomic E-state index is 0.682. The maximum atomic E-state index is 5.57. The standard InChI is InChI=1S/C16H20N2O/c1-2-19-16-11-7-6-10-15(16)18-13-12-17-14-8-4-3-5-9-14/h3-11,17-18H,2,12-13H2,1H3. The number of nitrogens with one attached hydrogen (secondary N) is 2. The van der Waals surface area contributed by atoms with Crippen molar-refractivity contribution in [2.75, 3.05) is 30.3 Å². The van der Waals surface area contributed by atoms with Crippen LogP contribution in [0.2, 0.25) is 0 Å². The number of rotatable bonds is 7. The van der Waals surface area contributed by atoms with Crippen LogP contribution in [-0.2, 0) is 0 Å². The molecular formula is C16H20N2O. The number of hydrogen-bond acceptors (Lipinski definition) is 3. The van der Waals surface area contributed by atoms with Crippen molar-refractivity contribution >= 4 is 11.4 Å². The van der Waals surface area contributed by atoms with Crippen molar-refractivity contribution in [1.29, 1.82) is 0 Å². The van der Waals surface area contributed by atoms with Crippen molar-refractivity contribution in [1.82, 2.24) is 0 Å². The number of ether oxygens (including phenoxy) is 1. The summed E-state index contributed by atoms with van der Waals surface area (Å²) in [5, 5.41) is 6.74. The number of benzene rings is 2. The molecule has 2 aromatic rings. The number of para-hydroxylation sites is 3. The van der Waals surface area contributed by atoms with Crippen molar-refractivity contribution in [2.24, 2.45) is 0 Å². The first-order valence-corrected chi connectivity index (χ1v) is 6.65. The van der Waals surface area contributed by atoms with Crippen LogP contribution in [0, 0.1) is 0 Å². The van der Waals surface area contributed by atoms with E-state index in [1.165, 1.54) is 0 Å². The summed E-state index contributed by atoms with van der Waals surface area (Å²) in [5.41, 5.74) is 2.18. The van der Waals surface area contributed by atoms with Gasteiger partial charge in [-0.3, -0.25) is 0 Å². The van der Waals surface area contributed by atoms with Gasteiger partial charge in [-0.1, -0.05) is 30.3 Å². The fourth-order valence-corrected chi connectivity index (χ4v) is 1.85. The van der Waals surface area contributed by atoms with Gasteiger partial charge in [0.1, 0.15) is 5.75 Å². The molecule has 0 aliphatic rings. The van der Waals surface area contributed by atoms with E-state index in [1.807, 2.05) is 49.4 Å². The van der Waals surface area contributed by atoms with Crippen molar-refractivity contribution < 1.29 is 4.74 Å². The molecule has 0 aromatic heterocycles. The Bertz CT molecular complexity index is 485. The van der Waals surface area contributed by atoms with Gasteiger partial charge in [0, 0.05) is 18.8 Å². The Morgan fingerprint density at radius 2 is 1.53 bits per heavy atom. The average molecular weight is 256 g/mol. The second-order valence-electron chi connectivity index (χ2n) is 4.15. The molecule has 2 N–H and O–H groups in total. The zero-order chi connectivity index (χ0) is 13.3. The lowest BCUT2D eigenvalue weighted by Gasteiger charge is -2.12. The maximum Gasteiger partial charge on any atom is 0.142 e. The Kier molecular flexibility index (Phi) is 5.11. The number of anilines is 2. The molecule has 0 bridgehead atoms. The summed E-state index contributed by atoms with van der Waals surface area (Å²) in [4.78, 5) is 0. The first kappa shape index (κ1) is 13.3. The van der Waals surface area contributed by atoms with Crippen molar-refractivity contribution in [3.8, 4) is 5.75 Å². The van der Waals surface area contributed by atoms with E-state index >= 15 is 0 Å². The lowest BCUT2D eigenvalue weighted by molar-refractivity contribution is 0.342. The predicted molar refractivity (Wildman–Crippen MR) is 81.0 cm³/mol. The Balaban J connectivity index is 1.79. The third-order valence-electron chi connectivity index (χ3n) is 2.73. The molecule has 19 heavy (non-hydrogen) atoms. The van der Waals surface area contributed by atoms with Gasteiger partial charge < -0.3 is 15.4 Å². The van der Waals surface area contributed by atoms with E-state index in [9.17, 15) is 0 Å². The highest BCUT2D eigenvalue weighted by molar-refractivity contribution is 5.56. The average Bonchev–Trinajstić information content (AvgIpc) is 2.47. The predicted octanol–water partition coefficient (Wildman–Crippen LogP) is 3.61. The van der Waals surface area contributed by atoms with E-state index in [2.05, 4.69) is 22.8 Å². The zero-order valence-electron chi connectivity index (χ0n) is 11.2. The summed E-state index contributed by atoms with van der Waals surface area (Å²) in [7, 11) is 0. The Hall–Kier alpha value is -2.16. The van der Waals surface area contributed by atoms with Gasteiger partial charge in [-0.25, -0.2) is 0 Å². The second-order valence-corrected chi connectivity index (χ2v) is 4.15. The molecule has 0 atom stereocenters. The molecule has 100 valence electrons. The molecule has 0 saturated heterocycles. The molecule has 2 rings (SSSR count). The lowest BCUT2D eigenvalue weighted by Crippen LogP contribution is -2.14. The van der Waals surface area contributed by atoms with E-state index in [-0.39, 0.29) is 0 Å². The fourth-order valence-electron chi connectivity index (χ4n) is 1.85. The summed E-state index contributed by atoms with van der Waals surface area (Å²) in [6.45, 7) is 4.39. The SMILES string of the molecule is CCOc1ccccc1NCCNc1ccccc1. The lowest BCUT2D eigenvalue weighted by atomic mass is 10.3. The van der Waals surface area contributed by atoms with Gasteiger partial charge >= 0.3 is 0 Å². The van der Waals surface area contributed by atoms with Crippen LogP contribution in [-0.4, -0.2) is 19.7 Å². The largest absolute Gasteiger partial charge is 0.492 e. The summed E-state index contributed by atoms with van der Waals surface area (Å²) in [5.74, 6) is 0.907. The first-order chi connectivity index (χ1) is 9.40. The Labute approximate surface area is 114 Å². The molecule has 0 amide bonds. The van der Waals surface area contributed by atoms with Crippen molar-refractivity contribution in [3.63, 3.8) is 0 Å². The molecule has 0 heterocycles. The quantitative estimate of drug-likeness (QED) is 0.742. The van der Waals surface area contributed by atoms with Crippen LogP contribution in [0.5, 0.6) is 5.75 Å². The third kappa shape index (κ3) is 4.21. The second kappa shape index (κ2) is 7.31. The molecule has 3 heteroatoms. The summed E-state index contributed by atoms with van der Waals surface area (Å²) in [6.07, 6.45) is 0. The van der Waals surface area contributed by atoms with E-state index in [1.54, 1.807) is 0 Å². The molecule has 0 aliphatic heterocycles. The zero-order valence-corrected chi connectivity index (χ0v) is 11.2. The van der Waals surface area contributed by atoms with Crippen LogP contribution >= 0.6 is 0 Å². The highest BCUT2D eigenvalue weighted by Crippen LogP contribution is 2.23. The molecule has 0 aliphatic carbocycles. The van der Waals surface area contributed by atoms with Gasteiger partial charge in [0.25, 0.3) is 0 Å². The van der Waals surface area contributed by atoms with Crippen LogP contribution in [0.1, 0.15) is 6.92 Å². The summed E-state index contributed by atoms with van der Waals surface area (Å²) in [6, 6.07) is 18.2. The van der Waals surface area contributed by atoms with Crippen LogP contribution in [0.25, 0.3) is 0 Å². The van der Waals surface area contributed by atoms with E-state index in [0.717, 1.165) is 30.2 Å². The van der Waals surface area contributed by atoms with Crippen LogP contribution < -0.4 is 15.4 Å². The number of hydrogen-bond donors (Lipinski definition) is 2. The van der Waals surface area contributed by atoms with Gasteiger partial charge in [0.15, 0.2) is 0 Å². The van der Waals surface area contributed by atoms with E-state index in [4.69, 9.17) is 4.74 Å². The first-order valence-electron chi connectivity index (χ1n) is 6.65. The third-order valence-corrected chi connectivity index (χ3v) is 2.73. The van der Waals surface area contributed by atoms with Gasteiger partial charge in [0.05, 0.1) is 12.3 Å². The van der Waals surface area contributed by atoms with Gasteiger partial charge in [-0.15, -0.1) is 0 Å². The van der Waals surface area contributed by atoms with E-state index in [0.29, 0.717) is 6.61 Å². The molecule has 0 radical (unpaired) electrons. The van der Waals surface area contributed by atoms with E-state index < -0.39 is 0 Å². The highest BCUT2D eigenvalue weighted by Gasteiger charge is 2.00. The maximum absolute atomic E-state index is 5.57. The smallest absolute Gasteiger partial charge is 0.142 e. The van der Waals surface area contributed by atoms with Gasteiger partial charge in [0.2, 0.25) is 0 Å². The van der Waals surface area contributed by atoms with Crippen molar-refractivity contribution in [2.45, 2.75) is 6.92 Å². The van der Waals surface area contributed by atoms with Crippen LogP contribution in [0.15, 0.2) is 54.6 Å². The molecule has 0 fully saturated rings. The minimum atomic E-state index is 0.682. The molecule has 0 saturated carbocycles. The molecule has 0 spiro atoms. The Morgan fingerprint density at radius 1 is 0.842 bits per heavy atom. The van der Waals surface area contributed by atoms with Gasteiger partial charge in [-0.2, -0.15) is 0 Å². The molecular weight excluding hydrogens is 236 g/mol. The topological polar surface area (TPSA) is 33.3 Å². The fraction of sp³-hybridized carbons (Fsp3) is 0.250. The Morgan fingerprint density at radius 3 is 2.32 bits per heavy atom. The minimum Gasteiger partial charge on any atom is -0.492 e. The summed E-state index contributed by atoms with van der Waals surface area (Å²) >= 11 is 0. The molecule has 3 nitrogen and oxygen atoms in total.